The fourth-order valence-corrected chi connectivity index (χ4v) is 1.92. The highest BCUT2D eigenvalue weighted by molar-refractivity contribution is 14.1. The highest BCUT2D eigenvalue weighted by Gasteiger charge is 2.13. The van der Waals surface area contributed by atoms with Gasteiger partial charge in [0.05, 0.1) is 20.9 Å². The Hall–Kier alpha value is -2.50. The first-order chi connectivity index (χ1) is 9.99. The second kappa shape index (κ2) is 6.30. The largest absolute Gasteiger partial charge is 0.502 e. The molecule has 1 heterocycles. The molecule has 0 fully saturated rings. The molecule has 0 saturated carbocycles. The lowest BCUT2D eigenvalue weighted by molar-refractivity contribution is -0.385. The van der Waals surface area contributed by atoms with Crippen LogP contribution in [0.1, 0.15) is 16.1 Å². The molecule has 2 rings (SSSR count). The highest BCUT2D eigenvalue weighted by atomic mass is 127. The Labute approximate surface area is 131 Å². The molecule has 3 N–H and O–H groups in total. The third kappa shape index (κ3) is 3.53. The molecule has 108 valence electrons. The Morgan fingerprint density at radius 3 is 2.95 bits per heavy atom. The van der Waals surface area contributed by atoms with Crippen molar-refractivity contribution in [3.8, 4) is 5.75 Å². The van der Waals surface area contributed by atoms with Gasteiger partial charge in [-0.1, -0.05) is 0 Å². The van der Waals surface area contributed by atoms with Crippen molar-refractivity contribution in [2.45, 2.75) is 0 Å². The molecule has 10 heteroatoms. The predicted octanol–water partition coefficient (Wildman–Crippen LogP) is 1.39. The van der Waals surface area contributed by atoms with Crippen molar-refractivity contribution in [2.24, 2.45) is 5.10 Å². The number of amides is 1. The smallest absolute Gasteiger partial charge is 0.311 e. The summed E-state index contributed by atoms with van der Waals surface area (Å²) in [5.74, 6) is -0.922. The molecule has 0 aliphatic rings. The van der Waals surface area contributed by atoms with Crippen LogP contribution in [-0.2, 0) is 0 Å². The van der Waals surface area contributed by atoms with Crippen molar-refractivity contribution in [3.05, 3.63) is 49.3 Å². The van der Waals surface area contributed by atoms with Crippen molar-refractivity contribution in [1.82, 2.24) is 15.6 Å². The molecule has 0 atom stereocenters. The molecule has 0 spiro atoms. The van der Waals surface area contributed by atoms with Gasteiger partial charge in [0.1, 0.15) is 5.69 Å². The minimum Gasteiger partial charge on any atom is -0.502 e. The summed E-state index contributed by atoms with van der Waals surface area (Å²) in [5.41, 5.74) is 2.45. The number of H-pyrrole nitrogens is 1. The van der Waals surface area contributed by atoms with Crippen LogP contribution in [-0.4, -0.2) is 32.3 Å². The second-order valence-corrected chi connectivity index (χ2v) is 4.96. The van der Waals surface area contributed by atoms with Gasteiger partial charge < -0.3 is 5.11 Å². The van der Waals surface area contributed by atoms with E-state index in [0.29, 0.717) is 9.13 Å². The first kappa shape index (κ1) is 14.9. The molecule has 1 aromatic carbocycles. The summed E-state index contributed by atoms with van der Waals surface area (Å²) in [7, 11) is 0. The van der Waals surface area contributed by atoms with Crippen molar-refractivity contribution in [1.29, 1.82) is 0 Å². The third-order valence-electron chi connectivity index (χ3n) is 2.40. The predicted molar refractivity (Wildman–Crippen MR) is 81.1 cm³/mol. The van der Waals surface area contributed by atoms with E-state index in [4.69, 9.17) is 0 Å². The van der Waals surface area contributed by atoms with Crippen LogP contribution in [0.25, 0.3) is 0 Å². The van der Waals surface area contributed by atoms with Crippen LogP contribution >= 0.6 is 22.6 Å². The maximum Gasteiger partial charge on any atom is 0.311 e. The van der Waals surface area contributed by atoms with Gasteiger partial charge in [-0.25, -0.2) is 5.43 Å². The fraction of sp³-hybridized carbons (Fsp3) is 0. The number of hydrogen-bond acceptors (Lipinski definition) is 6. The van der Waals surface area contributed by atoms with E-state index in [1.54, 1.807) is 0 Å². The van der Waals surface area contributed by atoms with E-state index in [-0.39, 0.29) is 5.69 Å². The zero-order chi connectivity index (χ0) is 15.4. The number of benzene rings is 1. The number of rotatable bonds is 4. The van der Waals surface area contributed by atoms with Crippen molar-refractivity contribution < 1.29 is 14.8 Å². The normalized spacial score (nSPS) is 10.7. The number of carbonyl (C=O) groups is 1. The molecule has 0 radical (unpaired) electrons. The average Bonchev–Trinajstić information content (AvgIpc) is 2.86. The van der Waals surface area contributed by atoms with Crippen LogP contribution in [0.5, 0.6) is 5.75 Å². The van der Waals surface area contributed by atoms with Crippen LogP contribution in [0.15, 0.2) is 29.5 Å². The van der Waals surface area contributed by atoms with Crippen LogP contribution in [0, 0.1) is 13.7 Å². The Kier molecular flexibility index (Phi) is 4.47. The SMILES string of the molecule is O=C(NN=Cc1ccc(O)c([N+](=O)[O-])c1)c1[nH]ncc1I. The zero-order valence-corrected chi connectivity index (χ0v) is 12.4. The quantitative estimate of drug-likeness (QED) is 0.308. The van der Waals surface area contributed by atoms with E-state index in [1.165, 1.54) is 24.5 Å². The summed E-state index contributed by atoms with van der Waals surface area (Å²) < 4.78 is 0.639. The number of nitrogens with one attached hydrogen (secondary N) is 2. The zero-order valence-electron chi connectivity index (χ0n) is 10.3. The number of nitrogens with zero attached hydrogens (tertiary/aromatic N) is 3. The van der Waals surface area contributed by atoms with Gasteiger partial charge in [0.2, 0.25) is 0 Å². The molecule has 2 aromatic rings. The molecule has 1 aromatic heterocycles. The molecular weight excluding hydrogens is 393 g/mol. The van der Waals surface area contributed by atoms with E-state index < -0.39 is 22.3 Å². The summed E-state index contributed by atoms with van der Waals surface area (Å²) in [6.07, 6.45) is 2.72. The number of aromatic hydroxyl groups is 1. The lowest BCUT2D eigenvalue weighted by atomic mass is 10.2. The monoisotopic (exact) mass is 401 g/mol. The summed E-state index contributed by atoms with van der Waals surface area (Å²) in [6, 6.07) is 3.75. The van der Waals surface area contributed by atoms with E-state index in [9.17, 15) is 20.0 Å². The molecule has 0 aliphatic carbocycles. The molecule has 1 amide bonds. The van der Waals surface area contributed by atoms with E-state index in [2.05, 4.69) is 20.7 Å². The third-order valence-corrected chi connectivity index (χ3v) is 3.21. The molecule has 0 bridgehead atoms. The second-order valence-electron chi connectivity index (χ2n) is 3.80. The maximum atomic E-state index is 11.7. The number of aromatic amines is 1. The number of hydrazone groups is 1. The first-order valence-electron chi connectivity index (χ1n) is 5.48. The van der Waals surface area contributed by atoms with Crippen molar-refractivity contribution in [2.75, 3.05) is 0 Å². The molecule has 0 saturated heterocycles. The Bertz CT molecular complexity index is 727. The Morgan fingerprint density at radius 1 is 1.57 bits per heavy atom. The van der Waals surface area contributed by atoms with Crippen molar-refractivity contribution in [3.63, 3.8) is 0 Å². The summed E-state index contributed by atoms with van der Waals surface area (Å²) in [5, 5.41) is 29.9. The summed E-state index contributed by atoms with van der Waals surface area (Å²) in [4.78, 5) is 21.7. The van der Waals surface area contributed by atoms with E-state index in [0.717, 1.165) is 6.07 Å². The highest BCUT2D eigenvalue weighted by Crippen LogP contribution is 2.25. The topological polar surface area (TPSA) is 134 Å². The van der Waals surface area contributed by atoms with Crippen molar-refractivity contribution >= 4 is 40.4 Å². The fourth-order valence-electron chi connectivity index (χ4n) is 1.42. The maximum absolute atomic E-state index is 11.7. The first-order valence-corrected chi connectivity index (χ1v) is 6.56. The molecule has 21 heavy (non-hydrogen) atoms. The number of phenols is 1. The molecule has 0 unspecified atom stereocenters. The minimum absolute atomic E-state index is 0.268. The Balaban J connectivity index is 2.08. The Morgan fingerprint density at radius 2 is 2.33 bits per heavy atom. The lowest BCUT2D eigenvalue weighted by Crippen LogP contribution is -2.19. The van der Waals surface area contributed by atoms with Crippen LogP contribution < -0.4 is 5.43 Å². The number of hydrogen-bond donors (Lipinski definition) is 3. The van der Waals surface area contributed by atoms with Crippen LogP contribution in [0.4, 0.5) is 5.69 Å². The minimum atomic E-state index is -0.710. The number of halogens is 1. The summed E-state index contributed by atoms with van der Waals surface area (Å²) in [6.45, 7) is 0. The number of phenolic OH excluding ortho intramolecular Hbond substituents is 1. The van der Waals surface area contributed by atoms with Crippen LogP contribution in [0.3, 0.4) is 0 Å². The van der Waals surface area contributed by atoms with Gasteiger partial charge in [-0.05, 0) is 34.7 Å². The molecule has 0 aliphatic heterocycles. The molecule has 9 nitrogen and oxygen atoms in total. The average molecular weight is 401 g/mol. The van der Waals surface area contributed by atoms with Gasteiger partial charge in [0, 0.05) is 11.6 Å². The number of carbonyl (C=O) groups excluding carboxylic acids is 1. The van der Waals surface area contributed by atoms with Gasteiger partial charge in [0.15, 0.2) is 5.75 Å². The lowest BCUT2D eigenvalue weighted by Gasteiger charge is -1.98. The van der Waals surface area contributed by atoms with Gasteiger partial charge in [0.25, 0.3) is 5.91 Å². The molecular formula is C11H8IN5O4. The number of nitro groups is 1. The van der Waals surface area contributed by atoms with Gasteiger partial charge in [-0.3, -0.25) is 20.0 Å². The van der Waals surface area contributed by atoms with Gasteiger partial charge >= 0.3 is 5.69 Å². The number of aromatic nitrogens is 2. The van der Waals surface area contributed by atoms with Crippen LogP contribution in [0.2, 0.25) is 0 Å². The van der Waals surface area contributed by atoms with E-state index in [1.807, 2.05) is 22.6 Å². The van der Waals surface area contributed by atoms with Gasteiger partial charge in [-0.15, -0.1) is 0 Å². The number of nitro benzene ring substituents is 1. The standard InChI is InChI=1S/C11H8IN5O4/c12-7-5-14-15-10(7)11(19)16-13-4-6-1-2-9(18)8(3-6)17(20)21/h1-5,18H,(H,14,15)(H,16,19). The van der Waals surface area contributed by atoms with Gasteiger partial charge in [-0.2, -0.15) is 10.2 Å². The van der Waals surface area contributed by atoms with E-state index >= 15 is 0 Å². The summed E-state index contributed by atoms with van der Waals surface area (Å²) >= 11 is 1.94.